The maximum atomic E-state index is 12.8. The third kappa shape index (κ3) is 2.64. The zero-order valence-corrected chi connectivity index (χ0v) is 16.5. The molecule has 1 unspecified atom stereocenters. The Labute approximate surface area is 169 Å². The number of hydrogen-bond donors (Lipinski definition) is 1. The van der Waals surface area contributed by atoms with Gasteiger partial charge in [0.25, 0.3) is 0 Å². The Morgan fingerprint density at radius 1 is 1.00 bits per heavy atom. The molecule has 0 saturated heterocycles. The molecule has 5 rings (SSSR count). The quantitative estimate of drug-likeness (QED) is 0.630. The predicted octanol–water partition coefficient (Wildman–Crippen LogP) is 5.24. The van der Waals surface area contributed by atoms with Crippen LogP contribution in [0.15, 0.2) is 73.0 Å². The zero-order chi connectivity index (χ0) is 20.0. The fourth-order valence-corrected chi connectivity index (χ4v) is 4.51. The largest absolute Gasteiger partial charge is 0.449 e. The highest BCUT2D eigenvalue weighted by atomic mass is 16.5. The number of rotatable bonds is 3. The van der Waals surface area contributed by atoms with Crippen molar-refractivity contribution in [2.75, 3.05) is 0 Å². The number of nitrogens with zero attached hydrogens (tertiary/aromatic N) is 1. The van der Waals surface area contributed by atoms with E-state index in [1.165, 1.54) is 5.52 Å². The molecule has 0 fully saturated rings. The van der Waals surface area contributed by atoms with Gasteiger partial charge in [0, 0.05) is 51.7 Å². The first-order chi connectivity index (χ1) is 14.2. The van der Waals surface area contributed by atoms with E-state index in [-0.39, 0.29) is 5.97 Å². The highest BCUT2D eigenvalue weighted by Gasteiger charge is 2.37. The summed E-state index contributed by atoms with van der Waals surface area (Å²) in [7, 11) is 0. The van der Waals surface area contributed by atoms with Gasteiger partial charge in [-0.1, -0.05) is 42.5 Å². The number of nitrogens with one attached hydrogen (secondary N) is 1. The summed E-state index contributed by atoms with van der Waals surface area (Å²) in [5, 5.41) is 4.46. The van der Waals surface area contributed by atoms with E-state index in [1.807, 2.05) is 54.8 Å². The molecule has 0 amide bonds. The predicted molar refractivity (Wildman–Crippen MR) is 115 cm³/mol. The van der Waals surface area contributed by atoms with Crippen LogP contribution in [0.1, 0.15) is 45.8 Å². The van der Waals surface area contributed by atoms with E-state index < -0.39 is 6.10 Å². The number of hydrogen-bond acceptors (Lipinski definition) is 3. The van der Waals surface area contributed by atoms with Crippen LogP contribution in [0.25, 0.3) is 16.6 Å². The van der Waals surface area contributed by atoms with Crippen LogP contribution in [0.4, 0.5) is 0 Å². The molecule has 2 aliphatic rings. The van der Waals surface area contributed by atoms with Gasteiger partial charge in [0.2, 0.25) is 0 Å². The van der Waals surface area contributed by atoms with Gasteiger partial charge >= 0.3 is 5.97 Å². The number of esters is 1. The Balaban J connectivity index is 1.77. The molecule has 144 valence electrons. The topological polar surface area (TPSA) is 43.3 Å². The smallest absolute Gasteiger partial charge is 0.339 e. The van der Waals surface area contributed by atoms with Crippen molar-refractivity contribution >= 4 is 22.6 Å². The lowest BCUT2D eigenvalue weighted by atomic mass is 9.91. The van der Waals surface area contributed by atoms with E-state index >= 15 is 0 Å². The molecule has 1 N–H and O–H groups in total. The van der Waals surface area contributed by atoms with Crippen LogP contribution < -0.4 is 5.32 Å². The molecular formula is C25H22N2O2. The van der Waals surface area contributed by atoms with Crippen molar-refractivity contribution in [3.05, 3.63) is 101 Å². The van der Waals surface area contributed by atoms with Gasteiger partial charge in [0.05, 0.1) is 5.56 Å². The van der Waals surface area contributed by atoms with E-state index in [1.54, 1.807) is 0 Å². The maximum absolute atomic E-state index is 12.8. The molecule has 29 heavy (non-hydrogen) atoms. The second-order valence-electron chi connectivity index (χ2n) is 7.28. The fourth-order valence-electron chi connectivity index (χ4n) is 4.51. The molecule has 0 saturated carbocycles. The van der Waals surface area contributed by atoms with Gasteiger partial charge in [-0.05, 0) is 38.1 Å². The normalized spacial score (nSPS) is 17.7. The molecule has 2 aromatic carbocycles. The Bertz CT molecular complexity index is 1230. The van der Waals surface area contributed by atoms with E-state index in [2.05, 4.69) is 41.9 Å². The molecule has 4 heteroatoms. The molecule has 3 heterocycles. The number of benzene rings is 2. The van der Waals surface area contributed by atoms with E-state index in [0.29, 0.717) is 5.56 Å². The highest BCUT2D eigenvalue weighted by molar-refractivity contribution is 5.98. The summed E-state index contributed by atoms with van der Waals surface area (Å²) >= 11 is 0. The van der Waals surface area contributed by atoms with Crippen molar-refractivity contribution in [1.29, 1.82) is 0 Å². The Hall–Kier alpha value is -3.53. The molecule has 1 atom stereocenters. The number of fused-ring (bicyclic) bond motifs is 2. The molecule has 1 aromatic heterocycles. The van der Waals surface area contributed by atoms with Crippen molar-refractivity contribution in [2.24, 2.45) is 0 Å². The van der Waals surface area contributed by atoms with Crippen LogP contribution in [-0.4, -0.2) is 10.5 Å². The SMILES string of the molecule is CCn1c(C)c(C2OC(=O)c3cccc(C4=CC=CC=CN4)c32)c2ccccc21. The average molecular weight is 382 g/mol. The molecule has 2 aliphatic heterocycles. The van der Waals surface area contributed by atoms with Gasteiger partial charge in [0.15, 0.2) is 6.10 Å². The van der Waals surface area contributed by atoms with Crippen LogP contribution in [-0.2, 0) is 11.3 Å². The number of ether oxygens (including phenoxy) is 1. The van der Waals surface area contributed by atoms with E-state index in [0.717, 1.165) is 40.0 Å². The summed E-state index contributed by atoms with van der Waals surface area (Å²) in [4.78, 5) is 12.8. The Morgan fingerprint density at radius 3 is 2.69 bits per heavy atom. The van der Waals surface area contributed by atoms with Crippen LogP contribution in [0.5, 0.6) is 0 Å². The Kier molecular flexibility index (Phi) is 4.13. The summed E-state index contributed by atoms with van der Waals surface area (Å²) in [6.07, 6.45) is 9.41. The van der Waals surface area contributed by atoms with Gasteiger partial charge in [-0.3, -0.25) is 0 Å². The first kappa shape index (κ1) is 17.6. The number of carbonyl (C=O) groups excluding carboxylic acids is 1. The standard InChI is InChI=1S/C25H22N2O2/c1-3-27-16(2)22(18-10-6-7-14-21(18)27)24-23-17(20-13-5-4-8-15-26-20)11-9-12-19(23)25(28)29-24/h4-15,24,26H,3H2,1-2H3. The fraction of sp³-hybridized carbons (Fsp3) is 0.160. The van der Waals surface area contributed by atoms with Crippen molar-refractivity contribution in [2.45, 2.75) is 26.5 Å². The molecule has 0 spiro atoms. The highest BCUT2D eigenvalue weighted by Crippen LogP contribution is 2.44. The number of para-hydroxylation sites is 1. The summed E-state index contributed by atoms with van der Waals surface area (Å²) < 4.78 is 8.27. The van der Waals surface area contributed by atoms with E-state index in [4.69, 9.17) is 4.74 Å². The van der Waals surface area contributed by atoms with Gasteiger partial charge in [-0.25, -0.2) is 4.79 Å². The molecule has 3 aromatic rings. The van der Waals surface area contributed by atoms with Crippen LogP contribution >= 0.6 is 0 Å². The summed E-state index contributed by atoms with van der Waals surface area (Å²) in [5.41, 5.74) is 6.89. The van der Waals surface area contributed by atoms with Crippen molar-refractivity contribution in [1.82, 2.24) is 9.88 Å². The first-order valence-corrected chi connectivity index (χ1v) is 9.92. The number of aromatic nitrogens is 1. The van der Waals surface area contributed by atoms with Gasteiger partial charge in [-0.15, -0.1) is 0 Å². The van der Waals surface area contributed by atoms with Crippen molar-refractivity contribution < 1.29 is 9.53 Å². The maximum Gasteiger partial charge on any atom is 0.339 e. The number of aryl methyl sites for hydroxylation is 1. The molecular weight excluding hydrogens is 360 g/mol. The second kappa shape index (κ2) is 6.82. The lowest BCUT2D eigenvalue weighted by Crippen LogP contribution is -2.09. The number of carbonyl (C=O) groups is 1. The summed E-state index contributed by atoms with van der Waals surface area (Å²) in [6, 6.07) is 14.2. The minimum Gasteiger partial charge on any atom is -0.449 e. The minimum absolute atomic E-state index is 0.264. The minimum atomic E-state index is -0.426. The van der Waals surface area contributed by atoms with Gasteiger partial charge in [-0.2, -0.15) is 0 Å². The first-order valence-electron chi connectivity index (χ1n) is 9.92. The summed E-state index contributed by atoms with van der Waals surface area (Å²) in [5.74, 6) is -0.264. The van der Waals surface area contributed by atoms with Crippen LogP contribution in [0.3, 0.4) is 0 Å². The molecule has 4 nitrogen and oxygen atoms in total. The van der Waals surface area contributed by atoms with Gasteiger partial charge < -0.3 is 14.6 Å². The van der Waals surface area contributed by atoms with Crippen LogP contribution in [0, 0.1) is 6.92 Å². The summed E-state index contributed by atoms with van der Waals surface area (Å²) in [6.45, 7) is 5.12. The number of allylic oxidation sites excluding steroid dienone is 4. The van der Waals surface area contributed by atoms with E-state index in [9.17, 15) is 4.79 Å². The third-order valence-corrected chi connectivity index (χ3v) is 5.78. The monoisotopic (exact) mass is 382 g/mol. The Morgan fingerprint density at radius 2 is 1.83 bits per heavy atom. The lowest BCUT2D eigenvalue weighted by molar-refractivity contribution is 0.0456. The second-order valence-corrected chi connectivity index (χ2v) is 7.28. The van der Waals surface area contributed by atoms with Crippen molar-refractivity contribution in [3.63, 3.8) is 0 Å². The van der Waals surface area contributed by atoms with Crippen LogP contribution in [0.2, 0.25) is 0 Å². The number of cyclic esters (lactones) is 1. The molecule has 0 aliphatic carbocycles. The van der Waals surface area contributed by atoms with Crippen molar-refractivity contribution in [3.8, 4) is 0 Å². The third-order valence-electron chi connectivity index (χ3n) is 5.78. The molecule has 0 bridgehead atoms. The zero-order valence-electron chi connectivity index (χ0n) is 16.5. The van der Waals surface area contributed by atoms with Gasteiger partial charge in [0.1, 0.15) is 0 Å². The lowest BCUT2D eigenvalue weighted by Gasteiger charge is -2.17. The molecule has 0 radical (unpaired) electrons. The average Bonchev–Trinajstić information content (AvgIpc) is 3.06.